The van der Waals surface area contributed by atoms with E-state index in [-0.39, 0.29) is 0 Å². The van der Waals surface area contributed by atoms with Crippen molar-refractivity contribution in [2.24, 2.45) is 4.99 Å². The second-order valence-electron chi connectivity index (χ2n) is 9.13. The molecule has 0 amide bonds. The quantitative estimate of drug-likeness (QED) is 0.501. The van der Waals surface area contributed by atoms with E-state index in [0.29, 0.717) is 19.6 Å². The first-order valence-corrected chi connectivity index (χ1v) is 12.5. The largest absolute Gasteiger partial charge is 0.493 e. The summed E-state index contributed by atoms with van der Waals surface area (Å²) in [5.41, 5.74) is 5.34. The summed E-state index contributed by atoms with van der Waals surface area (Å²) in [7, 11) is 3.32. The standard InChI is InChI=1S/C28H33N5O3/c1-19-7-10-21(11-8-19)29-26-18-22-27(31-26)28(33-13-15-36-16-14-33)32-25(30-22)6-4-5-20-9-12-23(34-2)24(17-20)35-3/h7-12,17H,4-6,13-16,18H2,1-3H3,(H,29,31). The molecule has 0 atom stereocenters. The van der Waals surface area contributed by atoms with Crippen LogP contribution in [-0.2, 0) is 24.0 Å². The van der Waals surface area contributed by atoms with Crippen LogP contribution in [0.1, 0.15) is 29.1 Å². The summed E-state index contributed by atoms with van der Waals surface area (Å²) >= 11 is 0. The van der Waals surface area contributed by atoms with Crippen LogP contribution in [0.25, 0.3) is 0 Å². The highest BCUT2D eigenvalue weighted by Gasteiger charge is 2.26. The van der Waals surface area contributed by atoms with Gasteiger partial charge in [0.25, 0.3) is 0 Å². The van der Waals surface area contributed by atoms with Crippen LogP contribution in [0.4, 0.5) is 17.2 Å². The van der Waals surface area contributed by atoms with Gasteiger partial charge in [-0.3, -0.25) is 0 Å². The Morgan fingerprint density at radius 2 is 1.72 bits per heavy atom. The van der Waals surface area contributed by atoms with Crippen LogP contribution >= 0.6 is 0 Å². The summed E-state index contributed by atoms with van der Waals surface area (Å²) in [5, 5.41) is 3.47. The lowest BCUT2D eigenvalue weighted by Crippen LogP contribution is -2.37. The highest BCUT2D eigenvalue weighted by atomic mass is 16.5. The number of nitrogens with one attached hydrogen (secondary N) is 1. The van der Waals surface area contributed by atoms with Gasteiger partial charge in [-0.25, -0.2) is 15.0 Å². The monoisotopic (exact) mass is 487 g/mol. The van der Waals surface area contributed by atoms with Gasteiger partial charge in [0.05, 0.1) is 39.5 Å². The molecule has 0 bridgehead atoms. The molecule has 0 spiro atoms. The van der Waals surface area contributed by atoms with E-state index in [0.717, 1.165) is 78.4 Å². The fourth-order valence-corrected chi connectivity index (χ4v) is 4.58. The predicted octanol–water partition coefficient (Wildman–Crippen LogP) is 4.51. The van der Waals surface area contributed by atoms with Gasteiger partial charge in [-0.15, -0.1) is 0 Å². The third kappa shape index (κ3) is 5.44. The number of hydrogen-bond donors (Lipinski definition) is 1. The summed E-state index contributed by atoms with van der Waals surface area (Å²) in [5.74, 6) is 4.19. The molecule has 2 aromatic carbocycles. The van der Waals surface area contributed by atoms with Crippen molar-refractivity contribution in [3.63, 3.8) is 0 Å². The number of aliphatic imine (C=N–C) groups is 1. The Morgan fingerprint density at radius 1 is 0.944 bits per heavy atom. The van der Waals surface area contributed by atoms with E-state index in [1.807, 2.05) is 12.1 Å². The molecule has 1 fully saturated rings. The molecule has 0 radical (unpaired) electrons. The smallest absolute Gasteiger partial charge is 0.160 e. The van der Waals surface area contributed by atoms with E-state index < -0.39 is 0 Å². The molecule has 1 saturated heterocycles. The highest BCUT2D eigenvalue weighted by molar-refractivity contribution is 6.03. The molecule has 8 nitrogen and oxygen atoms in total. The Morgan fingerprint density at radius 3 is 2.47 bits per heavy atom. The third-order valence-electron chi connectivity index (χ3n) is 6.53. The maximum absolute atomic E-state index is 5.58. The highest BCUT2D eigenvalue weighted by Crippen LogP contribution is 2.35. The summed E-state index contributed by atoms with van der Waals surface area (Å²) in [6.07, 6.45) is 3.31. The molecule has 3 aromatic rings. The van der Waals surface area contributed by atoms with Gasteiger partial charge < -0.3 is 24.4 Å². The molecule has 8 heteroatoms. The molecule has 0 aliphatic carbocycles. The molecule has 2 aliphatic rings. The van der Waals surface area contributed by atoms with Crippen LogP contribution in [0.3, 0.4) is 0 Å². The molecular formula is C28H33N5O3. The van der Waals surface area contributed by atoms with Crippen molar-refractivity contribution in [2.45, 2.75) is 32.6 Å². The Labute approximate surface area is 212 Å². The lowest BCUT2D eigenvalue weighted by molar-refractivity contribution is 0.122. The van der Waals surface area contributed by atoms with Gasteiger partial charge in [0.15, 0.2) is 17.3 Å². The zero-order valence-electron chi connectivity index (χ0n) is 21.2. The molecule has 0 unspecified atom stereocenters. The van der Waals surface area contributed by atoms with Gasteiger partial charge in [-0.2, -0.15) is 0 Å². The van der Waals surface area contributed by atoms with Crippen LogP contribution in [0.15, 0.2) is 47.5 Å². The number of aromatic nitrogens is 2. The van der Waals surface area contributed by atoms with Crippen LogP contribution in [0, 0.1) is 6.92 Å². The van der Waals surface area contributed by atoms with Gasteiger partial charge in [-0.05, 0) is 49.6 Å². The fraction of sp³-hybridized carbons (Fsp3) is 0.393. The Bertz CT molecular complexity index is 1240. The number of ether oxygens (including phenoxy) is 3. The summed E-state index contributed by atoms with van der Waals surface area (Å²) in [6, 6.07) is 14.4. The molecule has 188 valence electrons. The predicted molar refractivity (Wildman–Crippen MR) is 142 cm³/mol. The number of hydrogen-bond acceptors (Lipinski definition) is 8. The normalized spacial score (nSPS) is 14.9. The maximum Gasteiger partial charge on any atom is 0.160 e. The van der Waals surface area contributed by atoms with Gasteiger partial charge >= 0.3 is 0 Å². The minimum atomic E-state index is 0.672. The molecule has 1 aromatic heterocycles. The second kappa shape index (κ2) is 11.0. The zero-order chi connectivity index (χ0) is 24.9. The van der Waals surface area contributed by atoms with Crippen LogP contribution < -0.4 is 19.7 Å². The van der Waals surface area contributed by atoms with Crippen molar-refractivity contribution >= 4 is 23.0 Å². The fourth-order valence-electron chi connectivity index (χ4n) is 4.58. The van der Waals surface area contributed by atoms with Gasteiger partial charge in [0.1, 0.15) is 17.3 Å². The first kappa shape index (κ1) is 24.1. The summed E-state index contributed by atoms with van der Waals surface area (Å²) in [4.78, 5) is 17.1. The number of nitrogens with zero attached hydrogens (tertiary/aromatic N) is 4. The third-order valence-corrected chi connectivity index (χ3v) is 6.53. The Hall–Kier alpha value is -3.65. The molecule has 36 heavy (non-hydrogen) atoms. The van der Waals surface area contributed by atoms with Gasteiger partial charge in [0, 0.05) is 25.2 Å². The van der Waals surface area contributed by atoms with E-state index in [1.165, 1.54) is 11.1 Å². The van der Waals surface area contributed by atoms with Crippen LogP contribution in [-0.4, -0.2) is 56.3 Å². The van der Waals surface area contributed by atoms with Crippen molar-refractivity contribution in [3.05, 3.63) is 65.1 Å². The second-order valence-corrected chi connectivity index (χ2v) is 9.13. The van der Waals surface area contributed by atoms with Crippen molar-refractivity contribution in [1.29, 1.82) is 0 Å². The molecule has 1 N–H and O–H groups in total. The zero-order valence-corrected chi connectivity index (χ0v) is 21.2. The topological polar surface area (TPSA) is 81.1 Å². The van der Waals surface area contributed by atoms with Crippen molar-refractivity contribution in [3.8, 4) is 11.5 Å². The number of amidine groups is 1. The van der Waals surface area contributed by atoms with Crippen molar-refractivity contribution in [1.82, 2.24) is 9.97 Å². The van der Waals surface area contributed by atoms with Gasteiger partial charge in [-0.1, -0.05) is 23.8 Å². The minimum Gasteiger partial charge on any atom is -0.493 e. The van der Waals surface area contributed by atoms with Crippen LogP contribution in [0.5, 0.6) is 11.5 Å². The number of benzene rings is 2. The SMILES string of the molecule is COc1ccc(CCCc2nc3c(c(N4CCOCC4)n2)N=C(Nc2ccc(C)cc2)C3)cc1OC. The van der Waals surface area contributed by atoms with E-state index in [9.17, 15) is 0 Å². The number of aryl methyl sites for hydroxylation is 3. The average molecular weight is 488 g/mol. The molecule has 0 saturated carbocycles. The molecule has 5 rings (SSSR count). The van der Waals surface area contributed by atoms with E-state index in [4.69, 9.17) is 29.2 Å². The lowest BCUT2D eigenvalue weighted by atomic mass is 10.1. The van der Waals surface area contributed by atoms with E-state index in [2.05, 4.69) is 47.5 Å². The molecule has 2 aliphatic heterocycles. The van der Waals surface area contributed by atoms with Crippen molar-refractivity contribution < 1.29 is 14.2 Å². The number of methoxy groups -OCH3 is 2. The maximum atomic E-state index is 5.58. The Balaban J connectivity index is 1.32. The lowest BCUT2D eigenvalue weighted by Gasteiger charge is -2.28. The van der Waals surface area contributed by atoms with Crippen molar-refractivity contribution in [2.75, 3.05) is 50.7 Å². The van der Waals surface area contributed by atoms with E-state index in [1.54, 1.807) is 14.2 Å². The average Bonchev–Trinajstić information content (AvgIpc) is 3.32. The first-order valence-electron chi connectivity index (χ1n) is 12.5. The molecular weight excluding hydrogens is 454 g/mol. The van der Waals surface area contributed by atoms with E-state index >= 15 is 0 Å². The number of rotatable bonds is 8. The molecule has 3 heterocycles. The number of anilines is 2. The van der Waals surface area contributed by atoms with Crippen LogP contribution in [0.2, 0.25) is 0 Å². The number of morpholine rings is 1. The summed E-state index contributed by atoms with van der Waals surface area (Å²) < 4.78 is 16.4. The number of fused-ring (bicyclic) bond motifs is 1. The Kier molecular flexibility index (Phi) is 7.32. The minimum absolute atomic E-state index is 0.672. The first-order chi connectivity index (χ1) is 17.6. The van der Waals surface area contributed by atoms with Gasteiger partial charge in [0.2, 0.25) is 0 Å². The summed E-state index contributed by atoms with van der Waals surface area (Å²) in [6.45, 7) is 5.11.